The minimum absolute atomic E-state index is 0.0616. The van der Waals surface area contributed by atoms with Crippen LogP contribution >= 0.6 is 23.4 Å². The lowest BCUT2D eigenvalue weighted by Crippen LogP contribution is -2.27. The maximum Gasteiger partial charge on any atom is 0.339 e. The number of imide groups is 1. The van der Waals surface area contributed by atoms with Gasteiger partial charge in [-0.2, -0.15) is 8.42 Å². The van der Waals surface area contributed by atoms with Crippen LogP contribution in [-0.2, 0) is 21.5 Å². The van der Waals surface area contributed by atoms with Gasteiger partial charge < -0.3 is 4.18 Å². The van der Waals surface area contributed by atoms with E-state index in [2.05, 4.69) is 0 Å². The molecule has 6 nitrogen and oxygen atoms in total. The van der Waals surface area contributed by atoms with Crippen LogP contribution in [0.5, 0.6) is 5.75 Å². The van der Waals surface area contributed by atoms with Gasteiger partial charge in [0.2, 0.25) is 0 Å². The molecule has 1 saturated heterocycles. The molecule has 3 aromatic rings. The first-order valence-corrected chi connectivity index (χ1v) is 12.4. The van der Waals surface area contributed by atoms with Gasteiger partial charge in [-0.25, -0.2) is 0 Å². The van der Waals surface area contributed by atoms with E-state index >= 15 is 0 Å². The Morgan fingerprint density at radius 2 is 1.58 bits per heavy atom. The van der Waals surface area contributed by atoms with Crippen LogP contribution < -0.4 is 4.18 Å². The minimum Gasteiger partial charge on any atom is -0.379 e. The van der Waals surface area contributed by atoms with E-state index in [0.717, 1.165) is 22.9 Å². The lowest BCUT2D eigenvalue weighted by Gasteiger charge is -2.12. The van der Waals surface area contributed by atoms with Gasteiger partial charge in [-0.1, -0.05) is 53.6 Å². The number of nitrogens with zero attached hydrogens (tertiary/aromatic N) is 1. The highest BCUT2D eigenvalue weighted by atomic mass is 35.5. The van der Waals surface area contributed by atoms with E-state index in [-0.39, 0.29) is 33.2 Å². The molecule has 1 fully saturated rings. The smallest absolute Gasteiger partial charge is 0.339 e. The monoisotopic (exact) mass is 499 g/mol. The third-order valence-electron chi connectivity index (χ3n) is 4.82. The van der Waals surface area contributed by atoms with Crippen molar-refractivity contribution < 1.29 is 22.2 Å². The van der Waals surface area contributed by atoms with E-state index < -0.39 is 10.1 Å². The number of hydrogen-bond acceptors (Lipinski definition) is 6. The summed E-state index contributed by atoms with van der Waals surface area (Å²) in [4.78, 5) is 26.6. The Morgan fingerprint density at radius 3 is 2.21 bits per heavy atom. The van der Waals surface area contributed by atoms with Crippen LogP contribution in [-0.4, -0.2) is 24.5 Å². The number of benzene rings is 3. The van der Waals surface area contributed by atoms with Crippen molar-refractivity contribution >= 4 is 50.7 Å². The van der Waals surface area contributed by atoms with Crippen LogP contribution in [0.3, 0.4) is 0 Å². The number of carbonyl (C=O) groups is 2. The summed E-state index contributed by atoms with van der Waals surface area (Å²) in [5.41, 5.74) is 2.36. The second-order valence-corrected chi connectivity index (χ2v) is 10.3. The molecule has 1 heterocycles. The molecule has 0 bridgehead atoms. The Kier molecular flexibility index (Phi) is 6.60. The summed E-state index contributed by atoms with van der Waals surface area (Å²) in [5, 5.41) is 0.220. The summed E-state index contributed by atoms with van der Waals surface area (Å²) in [6, 6.07) is 19.5. The summed E-state index contributed by atoms with van der Waals surface area (Å²) < 4.78 is 30.0. The highest BCUT2D eigenvalue weighted by Crippen LogP contribution is 2.33. The van der Waals surface area contributed by atoms with Crippen molar-refractivity contribution in [3.8, 4) is 5.75 Å². The summed E-state index contributed by atoms with van der Waals surface area (Å²) >= 11 is 6.74. The van der Waals surface area contributed by atoms with Gasteiger partial charge >= 0.3 is 10.1 Å². The fourth-order valence-electron chi connectivity index (χ4n) is 3.06. The maximum absolute atomic E-state index is 12.7. The fraction of sp³-hybridized carbons (Fsp3) is 0.0833. The Hall–Kier alpha value is -3.07. The minimum atomic E-state index is -3.95. The number of halogens is 1. The zero-order valence-corrected chi connectivity index (χ0v) is 19.8. The quantitative estimate of drug-likeness (QED) is 0.322. The first kappa shape index (κ1) is 23.1. The third-order valence-corrected chi connectivity index (χ3v) is 7.24. The standard InChI is InChI=1S/C24H18ClNO5S2/c1-16-2-12-21(13-3-16)33(29,30)31-20-10-6-17(7-11-20)14-22-23(27)26(24(28)32-22)15-18-4-8-19(25)9-5-18/h2-14H,15H2,1H3/b22-14-. The van der Waals surface area contributed by atoms with Crippen molar-refractivity contribution in [2.75, 3.05) is 0 Å². The molecule has 4 rings (SSSR count). The Labute approximate surface area is 200 Å². The average Bonchev–Trinajstić information content (AvgIpc) is 3.04. The van der Waals surface area contributed by atoms with Gasteiger partial charge in [0.1, 0.15) is 10.6 Å². The van der Waals surface area contributed by atoms with E-state index in [4.69, 9.17) is 15.8 Å². The van der Waals surface area contributed by atoms with Crippen molar-refractivity contribution in [1.29, 1.82) is 0 Å². The van der Waals surface area contributed by atoms with Crippen molar-refractivity contribution in [1.82, 2.24) is 4.90 Å². The predicted octanol–water partition coefficient (Wildman–Crippen LogP) is 5.65. The maximum atomic E-state index is 12.7. The fourth-order valence-corrected chi connectivity index (χ4v) is 4.95. The topological polar surface area (TPSA) is 80.8 Å². The summed E-state index contributed by atoms with van der Waals surface area (Å²) in [6.07, 6.45) is 1.59. The normalized spacial score (nSPS) is 15.3. The van der Waals surface area contributed by atoms with Crippen LogP contribution in [0.2, 0.25) is 5.02 Å². The number of aryl methyl sites for hydroxylation is 1. The van der Waals surface area contributed by atoms with Gasteiger partial charge in [0, 0.05) is 5.02 Å². The highest BCUT2D eigenvalue weighted by Gasteiger charge is 2.35. The molecule has 0 unspecified atom stereocenters. The zero-order valence-electron chi connectivity index (χ0n) is 17.4. The van der Waals surface area contributed by atoms with Crippen LogP contribution in [0.4, 0.5) is 4.79 Å². The molecule has 0 N–H and O–H groups in total. The molecular weight excluding hydrogens is 482 g/mol. The summed E-state index contributed by atoms with van der Waals surface area (Å²) in [6.45, 7) is 2.02. The molecule has 0 aromatic heterocycles. The highest BCUT2D eigenvalue weighted by molar-refractivity contribution is 8.18. The molecule has 0 atom stereocenters. The number of carbonyl (C=O) groups excluding carboxylic acids is 2. The second-order valence-electron chi connectivity index (χ2n) is 7.31. The Morgan fingerprint density at radius 1 is 0.939 bits per heavy atom. The van der Waals surface area contributed by atoms with Crippen LogP contribution in [0.25, 0.3) is 6.08 Å². The Balaban J connectivity index is 1.46. The predicted molar refractivity (Wildman–Crippen MR) is 128 cm³/mol. The van der Waals surface area contributed by atoms with Crippen LogP contribution in [0.1, 0.15) is 16.7 Å². The first-order valence-electron chi connectivity index (χ1n) is 9.82. The molecule has 33 heavy (non-hydrogen) atoms. The van der Waals surface area contributed by atoms with E-state index in [0.29, 0.717) is 10.6 Å². The van der Waals surface area contributed by atoms with Gasteiger partial charge in [0.15, 0.2) is 0 Å². The van der Waals surface area contributed by atoms with E-state index in [1.165, 1.54) is 29.2 Å². The number of amides is 2. The number of hydrogen-bond donors (Lipinski definition) is 0. The lowest BCUT2D eigenvalue weighted by atomic mass is 10.2. The molecular formula is C24H18ClNO5S2. The molecule has 1 aliphatic heterocycles. The molecule has 0 radical (unpaired) electrons. The molecule has 3 aromatic carbocycles. The van der Waals surface area contributed by atoms with Crippen molar-refractivity contribution in [2.24, 2.45) is 0 Å². The molecule has 0 saturated carbocycles. The van der Waals surface area contributed by atoms with E-state index in [9.17, 15) is 18.0 Å². The first-order chi connectivity index (χ1) is 15.7. The molecule has 168 valence electrons. The zero-order chi connectivity index (χ0) is 23.6. The number of rotatable bonds is 6. The number of thioether (sulfide) groups is 1. The van der Waals surface area contributed by atoms with Gasteiger partial charge in [0.25, 0.3) is 11.1 Å². The summed E-state index contributed by atoms with van der Waals surface area (Å²) in [5.74, 6) is -0.245. The van der Waals surface area contributed by atoms with Crippen molar-refractivity contribution in [2.45, 2.75) is 18.4 Å². The average molecular weight is 500 g/mol. The van der Waals surface area contributed by atoms with Gasteiger partial charge in [-0.05, 0) is 72.3 Å². The summed E-state index contributed by atoms with van der Waals surface area (Å²) in [7, 11) is -3.95. The molecule has 9 heteroatoms. The Bertz CT molecular complexity index is 1330. The van der Waals surface area contributed by atoms with Gasteiger partial charge in [-0.3, -0.25) is 14.5 Å². The van der Waals surface area contributed by atoms with Gasteiger partial charge in [-0.15, -0.1) is 0 Å². The molecule has 0 spiro atoms. The van der Waals surface area contributed by atoms with E-state index in [1.807, 2.05) is 6.92 Å². The van der Waals surface area contributed by atoms with Crippen LogP contribution in [0.15, 0.2) is 82.6 Å². The van der Waals surface area contributed by atoms with Crippen molar-refractivity contribution in [3.05, 3.63) is 99.4 Å². The van der Waals surface area contributed by atoms with E-state index in [1.54, 1.807) is 54.6 Å². The van der Waals surface area contributed by atoms with Gasteiger partial charge in [0.05, 0.1) is 11.4 Å². The SMILES string of the molecule is Cc1ccc(S(=O)(=O)Oc2ccc(/C=C3\SC(=O)N(Cc4ccc(Cl)cc4)C3=O)cc2)cc1. The van der Waals surface area contributed by atoms with Crippen LogP contribution in [0, 0.1) is 6.92 Å². The molecule has 0 aliphatic carbocycles. The largest absolute Gasteiger partial charge is 0.379 e. The lowest BCUT2D eigenvalue weighted by molar-refractivity contribution is -0.123. The van der Waals surface area contributed by atoms with Crippen molar-refractivity contribution in [3.63, 3.8) is 0 Å². The molecule has 1 aliphatic rings. The third kappa shape index (κ3) is 5.47. The second kappa shape index (κ2) is 9.43. The molecule has 2 amide bonds.